The average molecular weight is 454 g/mol. The van der Waals surface area contributed by atoms with Crippen molar-refractivity contribution in [2.45, 2.75) is 19.4 Å². The zero-order valence-corrected chi connectivity index (χ0v) is 19.0. The second-order valence-corrected chi connectivity index (χ2v) is 9.27. The van der Waals surface area contributed by atoms with Crippen LogP contribution in [-0.2, 0) is 6.54 Å². The van der Waals surface area contributed by atoms with Crippen LogP contribution in [0.15, 0.2) is 82.0 Å². The maximum absolute atomic E-state index is 12.6. The molecule has 6 rings (SSSR count). The molecule has 0 bridgehead atoms. The smallest absolute Gasteiger partial charge is 0.405 e. The Morgan fingerprint density at radius 3 is 2.35 bits per heavy atom. The summed E-state index contributed by atoms with van der Waals surface area (Å²) in [4.78, 5) is 29.8. The van der Waals surface area contributed by atoms with Crippen LogP contribution < -0.4 is 10.7 Å². The van der Waals surface area contributed by atoms with Gasteiger partial charge in [0, 0.05) is 38.6 Å². The second kappa shape index (κ2) is 8.61. The summed E-state index contributed by atoms with van der Waals surface area (Å²) < 4.78 is 6.82. The van der Waals surface area contributed by atoms with Crippen LogP contribution in [0, 0.1) is 5.92 Å². The number of benzene rings is 3. The first-order valence-electron chi connectivity index (χ1n) is 12.0. The molecule has 0 N–H and O–H groups in total. The second-order valence-electron chi connectivity index (χ2n) is 9.27. The van der Waals surface area contributed by atoms with Gasteiger partial charge in [-0.1, -0.05) is 54.6 Å². The predicted octanol–water partition coefficient (Wildman–Crippen LogP) is 4.63. The number of oxazole rings is 1. The predicted molar refractivity (Wildman–Crippen MR) is 133 cm³/mol. The summed E-state index contributed by atoms with van der Waals surface area (Å²) in [6.07, 6.45) is 1.71. The Labute approximate surface area is 198 Å². The van der Waals surface area contributed by atoms with E-state index in [4.69, 9.17) is 4.42 Å². The summed E-state index contributed by atoms with van der Waals surface area (Å²) in [5.74, 6) is -0.745. The van der Waals surface area contributed by atoms with Crippen LogP contribution in [0.2, 0.25) is 0 Å². The Hall–Kier alpha value is -3.64. The van der Waals surface area contributed by atoms with Crippen molar-refractivity contribution in [2.75, 3.05) is 31.1 Å². The maximum Gasteiger partial charge on any atom is 0.426 e. The molecule has 0 unspecified atom stereocenters. The summed E-state index contributed by atoms with van der Waals surface area (Å²) in [5.41, 5.74) is 5.77. The quantitative estimate of drug-likeness (QED) is 0.441. The number of carbonyl (C=O) groups excluding carboxylic acids is 1. The molecule has 1 aliphatic heterocycles. The minimum absolute atomic E-state index is 0.0360. The van der Waals surface area contributed by atoms with Crippen LogP contribution >= 0.6 is 0 Å². The molecule has 172 valence electrons. The fourth-order valence-electron chi connectivity index (χ4n) is 4.88. The lowest BCUT2D eigenvalue weighted by atomic mass is 10.0. The summed E-state index contributed by atoms with van der Waals surface area (Å²) in [7, 11) is 0. The molecule has 0 spiro atoms. The first kappa shape index (κ1) is 20.9. The van der Waals surface area contributed by atoms with E-state index in [-0.39, 0.29) is 11.8 Å². The number of para-hydroxylation sites is 1. The molecule has 1 saturated carbocycles. The number of fused-ring (bicyclic) bond motifs is 1. The Balaban J connectivity index is 1.17. The molecule has 2 fully saturated rings. The number of piperazine rings is 1. The third-order valence-corrected chi connectivity index (χ3v) is 6.89. The number of hydrogen-bond acceptors (Lipinski definition) is 5. The lowest BCUT2D eigenvalue weighted by Crippen LogP contribution is -2.46. The normalized spacial score (nSPS) is 16.8. The summed E-state index contributed by atoms with van der Waals surface area (Å²) in [5, 5.41) is 0. The summed E-state index contributed by atoms with van der Waals surface area (Å²) in [6.45, 7) is 4.40. The number of carbonyl (C=O) groups is 1. The molecular weight excluding hydrogens is 426 g/mol. The molecule has 6 heteroatoms. The van der Waals surface area contributed by atoms with Gasteiger partial charge >= 0.3 is 5.76 Å². The van der Waals surface area contributed by atoms with Crippen LogP contribution in [-0.4, -0.2) is 41.6 Å². The number of anilines is 1. The fraction of sp³-hybridized carbons (Fsp3) is 0.286. The van der Waals surface area contributed by atoms with E-state index < -0.39 is 5.76 Å². The van der Waals surface area contributed by atoms with E-state index in [2.05, 4.69) is 58.3 Å². The topological polar surface area (TPSA) is 58.7 Å². The molecular formula is C28H27N3O3. The summed E-state index contributed by atoms with van der Waals surface area (Å²) in [6, 6.07) is 24.9. The highest BCUT2D eigenvalue weighted by Crippen LogP contribution is 2.33. The SMILES string of the molecule is O=C(C1CC1)n1c(=O)oc2c(N3CCN(Cc4cccc(-c5ccccc5)c4)CC3)cccc21. The van der Waals surface area contributed by atoms with Crippen molar-refractivity contribution in [3.05, 3.63) is 88.9 Å². The van der Waals surface area contributed by atoms with E-state index in [9.17, 15) is 9.59 Å². The minimum atomic E-state index is -0.573. The van der Waals surface area contributed by atoms with Crippen molar-refractivity contribution in [3.8, 4) is 11.1 Å². The number of nitrogens with zero attached hydrogens (tertiary/aromatic N) is 3. The van der Waals surface area contributed by atoms with Crippen LogP contribution in [0.25, 0.3) is 22.2 Å². The van der Waals surface area contributed by atoms with Crippen molar-refractivity contribution < 1.29 is 9.21 Å². The molecule has 1 aromatic heterocycles. The Bertz CT molecular complexity index is 1390. The van der Waals surface area contributed by atoms with Gasteiger partial charge in [0.05, 0.1) is 5.69 Å². The van der Waals surface area contributed by atoms with Crippen molar-refractivity contribution in [3.63, 3.8) is 0 Å². The monoisotopic (exact) mass is 453 g/mol. The highest BCUT2D eigenvalue weighted by Gasteiger charge is 2.34. The van der Waals surface area contributed by atoms with Crippen LogP contribution in [0.1, 0.15) is 23.2 Å². The van der Waals surface area contributed by atoms with Gasteiger partial charge in [-0.2, -0.15) is 0 Å². The first-order valence-corrected chi connectivity index (χ1v) is 12.0. The fourth-order valence-corrected chi connectivity index (χ4v) is 4.88. The first-order chi connectivity index (χ1) is 16.7. The highest BCUT2D eigenvalue weighted by atomic mass is 16.4. The molecule has 0 atom stereocenters. The lowest BCUT2D eigenvalue weighted by molar-refractivity contribution is 0.0882. The van der Waals surface area contributed by atoms with Gasteiger partial charge in [-0.3, -0.25) is 9.69 Å². The van der Waals surface area contributed by atoms with Gasteiger partial charge in [-0.15, -0.1) is 0 Å². The lowest BCUT2D eigenvalue weighted by Gasteiger charge is -2.36. The number of rotatable bonds is 5. The molecule has 2 aliphatic rings. The molecule has 34 heavy (non-hydrogen) atoms. The van der Waals surface area contributed by atoms with E-state index in [0.717, 1.165) is 51.3 Å². The van der Waals surface area contributed by atoms with Gasteiger partial charge in [0.15, 0.2) is 5.58 Å². The third-order valence-electron chi connectivity index (χ3n) is 6.89. The van der Waals surface area contributed by atoms with Gasteiger partial charge in [0.1, 0.15) is 5.52 Å². The van der Waals surface area contributed by atoms with E-state index in [0.29, 0.717) is 11.1 Å². The molecule has 6 nitrogen and oxygen atoms in total. The van der Waals surface area contributed by atoms with Gasteiger partial charge in [0.25, 0.3) is 0 Å². The Kier molecular flexibility index (Phi) is 5.30. The molecule has 0 amide bonds. The largest absolute Gasteiger partial charge is 0.426 e. The van der Waals surface area contributed by atoms with Gasteiger partial charge in [-0.25, -0.2) is 9.36 Å². The number of aromatic nitrogens is 1. The highest BCUT2D eigenvalue weighted by molar-refractivity contribution is 5.96. The van der Waals surface area contributed by atoms with E-state index in [1.165, 1.54) is 21.3 Å². The van der Waals surface area contributed by atoms with Crippen molar-refractivity contribution in [1.29, 1.82) is 0 Å². The van der Waals surface area contributed by atoms with E-state index in [1.54, 1.807) is 6.07 Å². The Morgan fingerprint density at radius 1 is 0.853 bits per heavy atom. The maximum atomic E-state index is 12.6. The minimum Gasteiger partial charge on any atom is -0.405 e. The summed E-state index contributed by atoms with van der Waals surface area (Å²) >= 11 is 0. The zero-order chi connectivity index (χ0) is 23.1. The van der Waals surface area contributed by atoms with Crippen molar-refractivity contribution >= 4 is 22.7 Å². The van der Waals surface area contributed by atoms with Gasteiger partial charge in [0.2, 0.25) is 5.91 Å². The number of hydrogen-bond donors (Lipinski definition) is 0. The van der Waals surface area contributed by atoms with Crippen molar-refractivity contribution in [2.24, 2.45) is 5.92 Å². The average Bonchev–Trinajstić information content (AvgIpc) is 3.67. The third kappa shape index (κ3) is 3.94. The van der Waals surface area contributed by atoms with Crippen LogP contribution in [0.3, 0.4) is 0 Å². The van der Waals surface area contributed by atoms with Crippen LogP contribution in [0.4, 0.5) is 5.69 Å². The molecule has 0 radical (unpaired) electrons. The molecule has 2 heterocycles. The van der Waals surface area contributed by atoms with Gasteiger partial charge < -0.3 is 9.32 Å². The molecule has 1 saturated heterocycles. The zero-order valence-electron chi connectivity index (χ0n) is 19.0. The molecule has 1 aliphatic carbocycles. The van der Waals surface area contributed by atoms with E-state index >= 15 is 0 Å². The molecule has 3 aromatic carbocycles. The van der Waals surface area contributed by atoms with Crippen LogP contribution in [0.5, 0.6) is 0 Å². The van der Waals surface area contributed by atoms with E-state index in [1.807, 2.05) is 18.2 Å². The molecule has 4 aromatic rings. The van der Waals surface area contributed by atoms with Crippen molar-refractivity contribution in [1.82, 2.24) is 9.47 Å². The van der Waals surface area contributed by atoms with Gasteiger partial charge in [-0.05, 0) is 47.7 Å². The Morgan fingerprint density at radius 2 is 1.59 bits per heavy atom. The standard InChI is InChI=1S/C28H27N3O3/c32-27(22-12-13-22)31-25-11-5-10-24(26(25)34-28(31)33)30-16-14-29(15-17-30)19-20-6-4-9-23(18-20)21-7-2-1-3-8-21/h1-11,18,22H,12-17,19H2.